The Morgan fingerprint density at radius 3 is 2.61 bits per heavy atom. The fourth-order valence-electron chi connectivity index (χ4n) is 3.10. The van der Waals surface area contributed by atoms with Gasteiger partial charge >= 0.3 is 5.97 Å². The number of ether oxygens (including phenoxy) is 3. The third-order valence-electron chi connectivity index (χ3n) is 4.16. The van der Waals surface area contributed by atoms with E-state index in [0.29, 0.717) is 41.9 Å². The van der Waals surface area contributed by atoms with Crippen molar-refractivity contribution in [2.24, 2.45) is 0 Å². The Hall–Kier alpha value is -3.10. The molecule has 0 amide bonds. The van der Waals surface area contributed by atoms with Gasteiger partial charge in [0.15, 0.2) is 11.5 Å². The van der Waals surface area contributed by atoms with Gasteiger partial charge in [0.1, 0.15) is 6.04 Å². The van der Waals surface area contributed by atoms with Crippen LogP contribution in [0.2, 0.25) is 0 Å². The zero-order valence-electron chi connectivity index (χ0n) is 16.7. The van der Waals surface area contributed by atoms with Gasteiger partial charge in [-0.25, -0.2) is 4.79 Å². The van der Waals surface area contributed by atoms with Gasteiger partial charge in [0.2, 0.25) is 5.95 Å². The van der Waals surface area contributed by atoms with E-state index in [2.05, 4.69) is 20.8 Å². The highest BCUT2D eigenvalue weighted by atomic mass is 16.5. The van der Waals surface area contributed by atoms with Gasteiger partial charge in [-0.1, -0.05) is 11.2 Å². The summed E-state index contributed by atoms with van der Waals surface area (Å²) in [5.74, 6) is 1.28. The maximum atomic E-state index is 12.9. The molecule has 28 heavy (non-hydrogen) atoms. The number of nitrogens with zero attached hydrogens (tertiary/aromatic N) is 4. The fourth-order valence-corrected chi connectivity index (χ4v) is 3.10. The van der Waals surface area contributed by atoms with Crippen molar-refractivity contribution in [2.45, 2.75) is 46.8 Å². The van der Waals surface area contributed by atoms with Crippen LogP contribution in [0.3, 0.4) is 0 Å². The molecule has 0 saturated heterocycles. The van der Waals surface area contributed by atoms with Gasteiger partial charge in [-0.3, -0.25) is 0 Å². The van der Waals surface area contributed by atoms with Gasteiger partial charge < -0.3 is 19.5 Å². The topological polar surface area (TPSA) is 100 Å². The summed E-state index contributed by atoms with van der Waals surface area (Å²) in [6.07, 6.45) is -0.247. The van der Waals surface area contributed by atoms with E-state index >= 15 is 0 Å². The first-order chi connectivity index (χ1) is 13.5. The highest BCUT2D eigenvalue weighted by Gasteiger charge is 2.35. The highest BCUT2D eigenvalue weighted by molar-refractivity contribution is 5.92. The number of rotatable bonds is 7. The molecule has 2 heterocycles. The SMILES string of the molecule is CCOc1ccc(C2C(C(=O)OC(C)C)=C(C)Nc3nnnn32)cc1OCC. The lowest BCUT2D eigenvalue weighted by atomic mass is 9.95. The molecule has 1 aliphatic rings. The van der Waals surface area contributed by atoms with Crippen LogP contribution in [0.15, 0.2) is 29.5 Å². The molecule has 1 atom stereocenters. The zero-order valence-corrected chi connectivity index (χ0v) is 16.7. The number of hydrogen-bond acceptors (Lipinski definition) is 8. The van der Waals surface area contributed by atoms with E-state index in [1.165, 1.54) is 0 Å². The van der Waals surface area contributed by atoms with Crippen LogP contribution in [-0.4, -0.2) is 45.5 Å². The average Bonchev–Trinajstić information content (AvgIpc) is 3.09. The molecule has 0 aliphatic carbocycles. The highest BCUT2D eigenvalue weighted by Crippen LogP contribution is 2.38. The number of tetrazole rings is 1. The monoisotopic (exact) mass is 387 g/mol. The molecule has 0 saturated carbocycles. The number of hydrogen-bond donors (Lipinski definition) is 1. The summed E-state index contributed by atoms with van der Waals surface area (Å²) < 4.78 is 18.4. The van der Waals surface area contributed by atoms with Crippen molar-refractivity contribution in [3.8, 4) is 11.5 Å². The minimum absolute atomic E-state index is 0.247. The molecule has 1 unspecified atom stereocenters. The second-order valence-corrected chi connectivity index (χ2v) is 6.54. The summed E-state index contributed by atoms with van der Waals surface area (Å²) in [7, 11) is 0. The minimum Gasteiger partial charge on any atom is -0.490 e. The van der Waals surface area contributed by atoms with Crippen LogP contribution in [0, 0.1) is 0 Å². The molecule has 2 aromatic rings. The predicted octanol–water partition coefficient (Wildman–Crippen LogP) is 2.71. The molecule has 1 aromatic carbocycles. The Labute approximate surface area is 163 Å². The van der Waals surface area contributed by atoms with Crippen molar-refractivity contribution in [3.63, 3.8) is 0 Å². The molecule has 0 spiro atoms. The van der Waals surface area contributed by atoms with Gasteiger partial charge in [0, 0.05) is 5.70 Å². The quantitative estimate of drug-likeness (QED) is 0.724. The van der Waals surface area contributed by atoms with E-state index in [-0.39, 0.29) is 6.10 Å². The van der Waals surface area contributed by atoms with Crippen molar-refractivity contribution >= 4 is 11.9 Å². The van der Waals surface area contributed by atoms with Crippen molar-refractivity contribution in [1.29, 1.82) is 0 Å². The van der Waals surface area contributed by atoms with Gasteiger partial charge in [-0.15, -0.1) is 0 Å². The molecule has 0 fully saturated rings. The molecule has 9 heteroatoms. The fraction of sp³-hybridized carbons (Fsp3) is 0.474. The third-order valence-corrected chi connectivity index (χ3v) is 4.16. The summed E-state index contributed by atoms with van der Waals surface area (Å²) >= 11 is 0. The van der Waals surface area contributed by atoms with Gasteiger partial charge in [0.25, 0.3) is 0 Å². The first-order valence-corrected chi connectivity index (χ1v) is 9.32. The van der Waals surface area contributed by atoms with Crippen molar-refractivity contribution in [1.82, 2.24) is 20.2 Å². The first kappa shape index (κ1) is 19.7. The van der Waals surface area contributed by atoms with E-state index < -0.39 is 12.0 Å². The summed E-state index contributed by atoms with van der Waals surface area (Å²) in [5, 5.41) is 14.9. The lowest BCUT2D eigenvalue weighted by Crippen LogP contribution is -2.30. The number of esters is 1. The summed E-state index contributed by atoms with van der Waals surface area (Å²) in [4.78, 5) is 12.9. The number of anilines is 1. The Morgan fingerprint density at radius 2 is 1.93 bits per heavy atom. The van der Waals surface area contributed by atoms with Crippen LogP contribution in [0.1, 0.15) is 46.2 Å². The van der Waals surface area contributed by atoms with E-state index in [4.69, 9.17) is 14.2 Å². The molecular weight excluding hydrogens is 362 g/mol. The number of nitrogens with one attached hydrogen (secondary N) is 1. The first-order valence-electron chi connectivity index (χ1n) is 9.32. The van der Waals surface area contributed by atoms with Crippen LogP contribution in [-0.2, 0) is 9.53 Å². The molecule has 9 nitrogen and oxygen atoms in total. The molecule has 1 aliphatic heterocycles. The Kier molecular flexibility index (Phi) is 5.81. The number of carbonyl (C=O) groups excluding carboxylic acids is 1. The second-order valence-electron chi connectivity index (χ2n) is 6.54. The van der Waals surface area contributed by atoms with E-state index in [1.807, 2.05) is 45.9 Å². The smallest absolute Gasteiger partial charge is 0.338 e. The van der Waals surface area contributed by atoms with Crippen molar-refractivity contribution in [2.75, 3.05) is 18.5 Å². The minimum atomic E-state index is -0.549. The molecule has 1 N–H and O–H groups in total. The van der Waals surface area contributed by atoms with Gasteiger partial charge in [-0.2, -0.15) is 4.68 Å². The van der Waals surface area contributed by atoms with Crippen LogP contribution >= 0.6 is 0 Å². The molecule has 1 aromatic heterocycles. The summed E-state index contributed by atoms with van der Waals surface area (Å²) in [6.45, 7) is 10.3. The second kappa shape index (κ2) is 8.28. The number of allylic oxidation sites excluding steroid dienone is 1. The largest absolute Gasteiger partial charge is 0.490 e. The zero-order chi connectivity index (χ0) is 20.3. The maximum Gasteiger partial charge on any atom is 0.338 e. The van der Waals surface area contributed by atoms with Crippen LogP contribution in [0.5, 0.6) is 11.5 Å². The summed E-state index contributed by atoms with van der Waals surface area (Å²) in [6, 6.07) is 5.01. The van der Waals surface area contributed by atoms with Gasteiger partial charge in [-0.05, 0) is 62.7 Å². The standard InChI is InChI=1S/C19H25N5O4/c1-6-26-14-9-8-13(10-15(14)27-7-2)17-16(18(25)28-11(3)4)12(5)20-19-21-22-23-24(17)19/h8-11,17H,6-7H2,1-5H3,(H,20,21,23). The van der Waals surface area contributed by atoms with Crippen LogP contribution in [0.4, 0.5) is 5.95 Å². The van der Waals surface area contributed by atoms with Crippen LogP contribution in [0.25, 0.3) is 0 Å². The van der Waals surface area contributed by atoms with Gasteiger partial charge in [0.05, 0.1) is 24.9 Å². The maximum absolute atomic E-state index is 12.9. The third kappa shape index (κ3) is 3.78. The van der Waals surface area contributed by atoms with E-state index in [1.54, 1.807) is 11.6 Å². The molecule has 0 bridgehead atoms. The number of fused-ring (bicyclic) bond motifs is 1. The summed E-state index contributed by atoms with van der Waals surface area (Å²) in [5.41, 5.74) is 1.88. The van der Waals surface area contributed by atoms with E-state index in [9.17, 15) is 4.79 Å². The Morgan fingerprint density at radius 1 is 1.21 bits per heavy atom. The van der Waals surface area contributed by atoms with Crippen LogP contribution < -0.4 is 14.8 Å². The predicted molar refractivity (Wildman–Crippen MR) is 102 cm³/mol. The number of aromatic nitrogens is 4. The lowest BCUT2D eigenvalue weighted by Gasteiger charge is -2.28. The molecule has 3 rings (SSSR count). The van der Waals surface area contributed by atoms with Crippen molar-refractivity contribution < 1.29 is 19.0 Å². The lowest BCUT2D eigenvalue weighted by molar-refractivity contribution is -0.143. The molecular formula is C19H25N5O4. The Balaban J connectivity index is 2.11. The molecule has 150 valence electrons. The Bertz CT molecular complexity index is 890. The number of benzene rings is 1. The normalized spacial score (nSPS) is 15.9. The number of carbonyl (C=O) groups is 1. The average molecular weight is 387 g/mol. The molecule has 0 radical (unpaired) electrons. The van der Waals surface area contributed by atoms with E-state index in [0.717, 1.165) is 5.56 Å². The van der Waals surface area contributed by atoms with Crippen molar-refractivity contribution in [3.05, 3.63) is 35.0 Å².